The van der Waals surface area contributed by atoms with Crippen molar-refractivity contribution in [2.24, 2.45) is 11.8 Å². The first kappa shape index (κ1) is 29.0. The van der Waals surface area contributed by atoms with Crippen molar-refractivity contribution in [3.05, 3.63) is 47.3 Å². The van der Waals surface area contributed by atoms with Gasteiger partial charge in [0.15, 0.2) is 5.78 Å². The molecule has 0 spiro atoms. The molecule has 2 saturated heterocycles. The Morgan fingerprint density at radius 3 is 2.51 bits per heavy atom. The second-order valence-electron chi connectivity index (χ2n) is 10.8. The minimum atomic E-state index is -0.583. The summed E-state index contributed by atoms with van der Waals surface area (Å²) in [6, 6.07) is 10.7. The number of nitrogens with one attached hydrogen (secondary N) is 1. The molecule has 1 aromatic carbocycles. The number of methoxy groups -OCH3 is 1. The van der Waals surface area contributed by atoms with Crippen LogP contribution in [0.15, 0.2) is 41.8 Å². The van der Waals surface area contributed by atoms with Crippen LogP contribution in [0.25, 0.3) is 10.4 Å². The Kier molecular flexibility index (Phi) is 9.56. The Hall–Kier alpha value is -3.04. The van der Waals surface area contributed by atoms with E-state index in [1.807, 2.05) is 62.5 Å². The molecule has 2 aliphatic heterocycles. The van der Waals surface area contributed by atoms with Gasteiger partial charge in [-0.3, -0.25) is 19.2 Å². The number of nitrogens with zero attached hydrogens (tertiary/aromatic N) is 2. The van der Waals surface area contributed by atoms with E-state index in [2.05, 4.69) is 5.32 Å². The number of fused-ring (bicyclic) bond motifs is 1. The summed E-state index contributed by atoms with van der Waals surface area (Å²) >= 11 is 1.66. The fraction of sp³-hybridized carbons (Fsp3) is 0.533. The lowest BCUT2D eigenvalue weighted by Gasteiger charge is -2.29. The van der Waals surface area contributed by atoms with Gasteiger partial charge in [-0.2, -0.15) is 0 Å². The molecule has 39 heavy (non-hydrogen) atoms. The number of hydrogen-bond donors (Lipinski definition) is 1. The lowest BCUT2D eigenvalue weighted by molar-refractivity contribution is -0.146. The maximum Gasteiger partial charge on any atom is 0.252 e. The molecule has 8 nitrogen and oxygen atoms in total. The number of Topliss-reactive ketones (excluding diaryl/α,β-unsaturated/α-hetero) is 1. The van der Waals surface area contributed by atoms with Crippen molar-refractivity contribution in [2.75, 3.05) is 26.7 Å². The van der Waals surface area contributed by atoms with Crippen LogP contribution < -0.4 is 5.32 Å². The van der Waals surface area contributed by atoms with Gasteiger partial charge in [0, 0.05) is 37.1 Å². The third-order valence-corrected chi connectivity index (χ3v) is 9.00. The zero-order chi connectivity index (χ0) is 28.1. The second-order valence-corrected chi connectivity index (χ2v) is 11.7. The van der Waals surface area contributed by atoms with Crippen molar-refractivity contribution >= 4 is 34.8 Å². The number of hydrogen-bond acceptors (Lipinski definition) is 6. The molecule has 2 aliphatic rings. The van der Waals surface area contributed by atoms with E-state index in [-0.39, 0.29) is 47.9 Å². The van der Waals surface area contributed by atoms with E-state index < -0.39 is 12.1 Å². The quantitative estimate of drug-likeness (QED) is 0.454. The van der Waals surface area contributed by atoms with Crippen LogP contribution in [-0.2, 0) is 19.1 Å². The molecular formula is C30H39N3O5S. The van der Waals surface area contributed by atoms with E-state index in [1.54, 1.807) is 21.1 Å². The van der Waals surface area contributed by atoms with Gasteiger partial charge in [0.2, 0.25) is 5.91 Å². The van der Waals surface area contributed by atoms with Crippen molar-refractivity contribution in [1.29, 1.82) is 0 Å². The molecule has 210 valence electrons. The fourth-order valence-electron chi connectivity index (χ4n) is 5.62. The molecule has 2 fully saturated rings. The highest BCUT2D eigenvalue weighted by atomic mass is 32.1. The summed E-state index contributed by atoms with van der Waals surface area (Å²) in [4.78, 5) is 56.3. The van der Waals surface area contributed by atoms with Crippen LogP contribution in [0.2, 0.25) is 0 Å². The molecule has 5 atom stereocenters. The second kappa shape index (κ2) is 12.9. The SMILES string of the molecule is CCC(C)C(OC)C(=O)N1CC(=O)C2C1CCN2C(=O)CC(C)CCNC(=O)c1ccc(-c2cccs2)cc1. The molecule has 2 aromatic rings. The lowest BCUT2D eigenvalue weighted by Crippen LogP contribution is -2.47. The zero-order valence-corrected chi connectivity index (χ0v) is 24.0. The van der Waals surface area contributed by atoms with Gasteiger partial charge >= 0.3 is 0 Å². The Balaban J connectivity index is 1.25. The van der Waals surface area contributed by atoms with Crippen molar-refractivity contribution in [3.8, 4) is 10.4 Å². The smallest absolute Gasteiger partial charge is 0.252 e. The van der Waals surface area contributed by atoms with E-state index in [1.165, 1.54) is 7.11 Å². The van der Waals surface area contributed by atoms with Gasteiger partial charge in [-0.1, -0.05) is 45.4 Å². The van der Waals surface area contributed by atoms with Crippen molar-refractivity contribution < 1.29 is 23.9 Å². The minimum absolute atomic E-state index is 0.0319. The van der Waals surface area contributed by atoms with Gasteiger partial charge in [-0.05, 0) is 53.8 Å². The number of amides is 3. The van der Waals surface area contributed by atoms with Gasteiger partial charge in [0.25, 0.3) is 11.8 Å². The monoisotopic (exact) mass is 553 g/mol. The fourth-order valence-corrected chi connectivity index (χ4v) is 6.36. The van der Waals surface area contributed by atoms with Crippen LogP contribution in [0.1, 0.15) is 56.8 Å². The normalized spacial score (nSPS) is 21.0. The summed E-state index contributed by atoms with van der Waals surface area (Å²) < 4.78 is 5.48. The number of ketones is 1. The molecule has 3 heterocycles. The molecule has 4 rings (SSSR count). The summed E-state index contributed by atoms with van der Waals surface area (Å²) in [6.07, 6.45) is 1.75. The van der Waals surface area contributed by atoms with E-state index in [4.69, 9.17) is 4.74 Å². The lowest BCUT2D eigenvalue weighted by atomic mass is 10.00. The van der Waals surface area contributed by atoms with E-state index in [0.29, 0.717) is 37.9 Å². The summed E-state index contributed by atoms with van der Waals surface area (Å²) in [6.45, 7) is 6.92. The maximum absolute atomic E-state index is 13.2. The number of carbonyl (C=O) groups excluding carboxylic acids is 4. The number of ether oxygens (including phenoxy) is 1. The van der Waals surface area contributed by atoms with E-state index in [9.17, 15) is 19.2 Å². The minimum Gasteiger partial charge on any atom is -0.371 e. The van der Waals surface area contributed by atoms with E-state index >= 15 is 0 Å². The van der Waals surface area contributed by atoms with Crippen LogP contribution in [0.5, 0.6) is 0 Å². The maximum atomic E-state index is 13.2. The Labute approximate surface area is 234 Å². The summed E-state index contributed by atoms with van der Waals surface area (Å²) in [5.41, 5.74) is 1.69. The molecule has 0 radical (unpaired) electrons. The van der Waals surface area contributed by atoms with Crippen LogP contribution >= 0.6 is 11.3 Å². The topological polar surface area (TPSA) is 96.0 Å². The van der Waals surface area contributed by atoms with Gasteiger partial charge < -0.3 is 19.9 Å². The van der Waals surface area contributed by atoms with Crippen LogP contribution in [0.3, 0.4) is 0 Å². The Morgan fingerprint density at radius 2 is 1.87 bits per heavy atom. The molecule has 0 bridgehead atoms. The predicted octanol–water partition coefficient (Wildman–Crippen LogP) is 4.00. The van der Waals surface area contributed by atoms with Crippen LogP contribution in [0.4, 0.5) is 0 Å². The van der Waals surface area contributed by atoms with Crippen LogP contribution in [0, 0.1) is 11.8 Å². The van der Waals surface area contributed by atoms with Crippen molar-refractivity contribution in [1.82, 2.24) is 15.1 Å². The summed E-state index contributed by atoms with van der Waals surface area (Å²) in [5, 5.41) is 4.97. The molecule has 3 amide bonds. The average molecular weight is 554 g/mol. The van der Waals surface area contributed by atoms with Gasteiger partial charge in [-0.15, -0.1) is 11.3 Å². The highest BCUT2D eigenvalue weighted by Gasteiger charge is 2.52. The van der Waals surface area contributed by atoms with Gasteiger partial charge in [0.05, 0.1) is 12.6 Å². The third kappa shape index (κ3) is 6.41. The van der Waals surface area contributed by atoms with Crippen LogP contribution in [-0.4, -0.2) is 78.2 Å². The first-order valence-electron chi connectivity index (χ1n) is 13.8. The van der Waals surface area contributed by atoms with E-state index in [0.717, 1.165) is 16.9 Å². The Bertz CT molecular complexity index is 1170. The number of benzene rings is 1. The summed E-state index contributed by atoms with van der Waals surface area (Å²) in [5.74, 6) is -0.367. The number of thiophene rings is 1. The van der Waals surface area contributed by atoms with Crippen molar-refractivity contribution in [2.45, 2.75) is 64.6 Å². The molecule has 5 unspecified atom stereocenters. The van der Waals surface area contributed by atoms with Gasteiger partial charge in [0.1, 0.15) is 12.1 Å². The third-order valence-electron chi connectivity index (χ3n) is 8.08. The molecule has 1 aromatic heterocycles. The molecule has 0 saturated carbocycles. The number of rotatable bonds is 11. The number of carbonyl (C=O) groups is 4. The zero-order valence-electron chi connectivity index (χ0n) is 23.2. The Morgan fingerprint density at radius 1 is 1.13 bits per heavy atom. The highest BCUT2D eigenvalue weighted by molar-refractivity contribution is 7.13. The summed E-state index contributed by atoms with van der Waals surface area (Å²) in [7, 11) is 1.53. The average Bonchev–Trinajstić information content (AvgIpc) is 3.68. The number of likely N-dealkylation sites (tertiary alicyclic amines) is 2. The molecule has 1 N–H and O–H groups in total. The molecular weight excluding hydrogens is 514 g/mol. The predicted molar refractivity (Wildman–Crippen MR) is 151 cm³/mol. The highest BCUT2D eigenvalue weighted by Crippen LogP contribution is 2.32. The molecule has 0 aliphatic carbocycles. The standard InChI is InChI=1S/C30H39N3O5S/c1-5-20(3)28(38-4)30(37)33-18-24(34)27-23(33)13-15-32(27)26(35)17-19(2)12-14-31-29(36)22-10-8-21(9-11-22)25-7-6-16-39-25/h6-11,16,19-20,23,27-28H,5,12-15,17-18H2,1-4H3,(H,31,36). The largest absolute Gasteiger partial charge is 0.371 e. The first-order chi connectivity index (χ1) is 18.7. The van der Waals surface area contributed by atoms with Crippen molar-refractivity contribution in [3.63, 3.8) is 0 Å². The first-order valence-corrected chi connectivity index (χ1v) is 14.7. The van der Waals surface area contributed by atoms with Gasteiger partial charge in [-0.25, -0.2) is 0 Å². The molecule has 9 heteroatoms.